The zero-order valence-corrected chi connectivity index (χ0v) is 9.71. The highest BCUT2D eigenvalue weighted by atomic mass is 16.4. The maximum atomic E-state index is 11.2. The largest absolute Gasteiger partial charge is 0.478 e. The Bertz CT molecular complexity index is 585. The van der Waals surface area contributed by atoms with Crippen LogP contribution in [-0.2, 0) is 13.1 Å². The molecule has 0 spiro atoms. The summed E-state index contributed by atoms with van der Waals surface area (Å²) in [5, 5.41) is 9.19. The first-order valence-corrected chi connectivity index (χ1v) is 5.75. The molecular weight excluding hydrogens is 228 g/mol. The van der Waals surface area contributed by atoms with E-state index in [2.05, 4.69) is 17.1 Å². The summed E-state index contributed by atoms with van der Waals surface area (Å²) in [6.45, 7) is 1.48. The van der Waals surface area contributed by atoms with Crippen molar-refractivity contribution in [2.24, 2.45) is 0 Å². The number of fused-ring (bicyclic) bond motifs is 1. The number of hydrogen-bond donors (Lipinski definition) is 1. The number of hydrogen-bond acceptors (Lipinski definition) is 3. The molecule has 0 saturated carbocycles. The third-order valence-corrected chi connectivity index (χ3v) is 3.21. The number of anilines is 1. The Morgan fingerprint density at radius 3 is 2.44 bits per heavy atom. The molecule has 2 heterocycles. The molecule has 0 aliphatic carbocycles. The van der Waals surface area contributed by atoms with Gasteiger partial charge in [-0.3, -0.25) is 4.98 Å². The average molecular weight is 240 g/mol. The van der Waals surface area contributed by atoms with Crippen LogP contribution < -0.4 is 4.90 Å². The molecule has 2 aromatic rings. The molecule has 0 bridgehead atoms. The van der Waals surface area contributed by atoms with E-state index < -0.39 is 5.97 Å². The standard InChI is InChI=1S/C14H12N2O2/c17-14(18)12-5-6-15-7-13(12)16-8-10-3-1-2-4-11(10)9-16/h1-7H,8-9H2,(H,17,18). The van der Waals surface area contributed by atoms with E-state index in [9.17, 15) is 9.90 Å². The van der Waals surface area contributed by atoms with E-state index in [1.165, 1.54) is 17.3 Å². The van der Waals surface area contributed by atoms with Crippen molar-refractivity contribution < 1.29 is 9.90 Å². The lowest BCUT2D eigenvalue weighted by Gasteiger charge is -2.19. The first-order valence-electron chi connectivity index (χ1n) is 5.75. The van der Waals surface area contributed by atoms with Gasteiger partial charge >= 0.3 is 5.97 Å². The first-order chi connectivity index (χ1) is 8.75. The summed E-state index contributed by atoms with van der Waals surface area (Å²) in [6.07, 6.45) is 3.13. The summed E-state index contributed by atoms with van der Waals surface area (Å²) in [6, 6.07) is 9.70. The third-order valence-electron chi connectivity index (χ3n) is 3.21. The Morgan fingerprint density at radius 1 is 1.17 bits per heavy atom. The van der Waals surface area contributed by atoms with Gasteiger partial charge in [0, 0.05) is 19.3 Å². The SMILES string of the molecule is O=C(O)c1ccncc1N1Cc2ccccc2C1. The van der Waals surface area contributed by atoms with Gasteiger partial charge in [-0.2, -0.15) is 0 Å². The molecule has 3 rings (SSSR count). The van der Waals surface area contributed by atoms with Gasteiger partial charge in [-0.1, -0.05) is 24.3 Å². The fourth-order valence-electron chi connectivity index (χ4n) is 2.32. The fraction of sp³-hybridized carbons (Fsp3) is 0.143. The Morgan fingerprint density at radius 2 is 1.83 bits per heavy atom. The summed E-state index contributed by atoms with van der Waals surface area (Å²) < 4.78 is 0. The van der Waals surface area contributed by atoms with Crippen molar-refractivity contribution in [1.82, 2.24) is 4.98 Å². The van der Waals surface area contributed by atoms with E-state index in [0.29, 0.717) is 11.3 Å². The summed E-state index contributed by atoms with van der Waals surface area (Å²) in [5.74, 6) is -0.914. The van der Waals surface area contributed by atoms with E-state index in [4.69, 9.17) is 0 Å². The van der Waals surface area contributed by atoms with Crippen LogP contribution in [-0.4, -0.2) is 16.1 Å². The number of rotatable bonds is 2. The molecule has 1 aliphatic heterocycles. The number of carbonyl (C=O) groups is 1. The van der Waals surface area contributed by atoms with Crippen LogP contribution in [0.15, 0.2) is 42.7 Å². The van der Waals surface area contributed by atoms with Gasteiger partial charge in [0.25, 0.3) is 0 Å². The monoisotopic (exact) mass is 240 g/mol. The predicted octanol–water partition coefficient (Wildman–Crippen LogP) is 2.30. The maximum absolute atomic E-state index is 11.2. The highest BCUT2D eigenvalue weighted by molar-refractivity contribution is 5.94. The lowest BCUT2D eigenvalue weighted by Crippen LogP contribution is -2.18. The molecule has 18 heavy (non-hydrogen) atoms. The van der Waals surface area contributed by atoms with Gasteiger partial charge in [0.05, 0.1) is 17.4 Å². The van der Waals surface area contributed by atoms with Crippen molar-refractivity contribution in [3.8, 4) is 0 Å². The summed E-state index contributed by atoms with van der Waals surface area (Å²) >= 11 is 0. The number of aromatic carboxylic acids is 1. The van der Waals surface area contributed by atoms with E-state index in [-0.39, 0.29) is 0 Å². The molecule has 0 saturated heterocycles. The van der Waals surface area contributed by atoms with Crippen LogP contribution in [0.4, 0.5) is 5.69 Å². The Hall–Kier alpha value is -2.36. The van der Waals surface area contributed by atoms with Crippen molar-refractivity contribution in [1.29, 1.82) is 0 Å². The van der Waals surface area contributed by atoms with Gasteiger partial charge in [-0.25, -0.2) is 4.79 Å². The minimum absolute atomic E-state index is 0.304. The molecule has 0 unspecified atom stereocenters. The predicted molar refractivity (Wildman–Crippen MR) is 67.5 cm³/mol. The normalized spacial score (nSPS) is 13.4. The van der Waals surface area contributed by atoms with Crippen LogP contribution in [0.1, 0.15) is 21.5 Å². The Kier molecular flexibility index (Phi) is 2.48. The minimum Gasteiger partial charge on any atom is -0.478 e. The van der Waals surface area contributed by atoms with Crippen LogP contribution in [0, 0.1) is 0 Å². The minimum atomic E-state index is -0.914. The third kappa shape index (κ3) is 1.72. The highest BCUT2D eigenvalue weighted by Gasteiger charge is 2.22. The molecule has 1 aromatic carbocycles. The molecule has 4 heteroatoms. The van der Waals surface area contributed by atoms with Gasteiger partial charge in [0.1, 0.15) is 0 Å². The van der Waals surface area contributed by atoms with Crippen LogP contribution in [0.5, 0.6) is 0 Å². The van der Waals surface area contributed by atoms with Gasteiger partial charge < -0.3 is 10.0 Å². The second kappa shape index (κ2) is 4.14. The number of carboxylic acids is 1. The van der Waals surface area contributed by atoms with Crippen molar-refractivity contribution in [3.63, 3.8) is 0 Å². The lowest BCUT2D eigenvalue weighted by molar-refractivity contribution is 0.0697. The molecule has 90 valence electrons. The smallest absolute Gasteiger partial charge is 0.337 e. The van der Waals surface area contributed by atoms with Crippen molar-refractivity contribution in [2.75, 3.05) is 4.90 Å². The molecule has 0 amide bonds. The second-order valence-electron chi connectivity index (χ2n) is 4.32. The van der Waals surface area contributed by atoms with Crippen molar-refractivity contribution >= 4 is 11.7 Å². The average Bonchev–Trinajstić information content (AvgIpc) is 2.82. The summed E-state index contributed by atoms with van der Waals surface area (Å²) in [4.78, 5) is 17.3. The number of carboxylic acid groups (broad SMARTS) is 1. The lowest BCUT2D eigenvalue weighted by atomic mass is 10.1. The highest BCUT2D eigenvalue weighted by Crippen LogP contribution is 2.29. The van der Waals surface area contributed by atoms with Gasteiger partial charge in [0.2, 0.25) is 0 Å². The van der Waals surface area contributed by atoms with Crippen LogP contribution in [0.2, 0.25) is 0 Å². The molecular formula is C14H12N2O2. The number of pyridine rings is 1. The molecule has 1 aromatic heterocycles. The summed E-state index contributed by atoms with van der Waals surface area (Å²) in [5.41, 5.74) is 3.48. The van der Waals surface area contributed by atoms with Gasteiger partial charge in [-0.05, 0) is 17.2 Å². The summed E-state index contributed by atoms with van der Waals surface area (Å²) in [7, 11) is 0. The van der Waals surface area contributed by atoms with E-state index in [1.54, 1.807) is 12.3 Å². The number of aromatic nitrogens is 1. The van der Waals surface area contributed by atoms with Gasteiger partial charge in [-0.15, -0.1) is 0 Å². The van der Waals surface area contributed by atoms with Crippen molar-refractivity contribution in [3.05, 3.63) is 59.4 Å². The van der Waals surface area contributed by atoms with Crippen LogP contribution >= 0.6 is 0 Å². The number of nitrogens with zero attached hydrogens (tertiary/aromatic N) is 2. The topological polar surface area (TPSA) is 53.4 Å². The molecule has 1 aliphatic rings. The zero-order valence-electron chi connectivity index (χ0n) is 9.71. The molecule has 0 fully saturated rings. The van der Waals surface area contributed by atoms with E-state index in [1.807, 2.05) is 17.0 Å². The van der Waals surface area contributed by atoms with E-state index >= 15 is 0 Å². The first kappa shape index (κ1) is 10.8. The fourth-order valence-corrected chi connectivity index (χ4v) is 2.32. The molecule has 0 radical (unpaired) electrons. The number of benzene rings is 1. The Balaban J connectivity index is 1.98. The van der Waals surface area contributed by atoms with Crippen LogP contribution in [0.3, 0.4) is 0 Å². The quantitative estimate of drug-likeness (QED) is 0.875. The molecule has 4 nitrogen and oxygen atoms in total. The van der Waals surface area contributed by atoms with E-state index in [0.717, 1.165) is 13.1 Å². The van der Waals surface area contributed by atoms with Crippen LogP contribution in [0.25, 0.3) is 0 Å². The van der Waals surface area contributed by atoms with Crippen molar-refractivity contribution in [2.45, 2.75) is 13.1 Å². The Labute approximate surface area is 105 Å². The zero-order chi connectivity index (χ0) is 12.5. The van der Waals surface area contributed by atoms with Gasteiger partial charge in [0.15, 0.2) is 0 Å². The maximum Gasteiger partial charge on any atom is 0.337 e. The molecule has 1 N–H and O–H groups in total. The molecule has 0 atom stereocenters. The second-order valence-corrected chi connectivity index (χ2v) is 4.32.